The van der Waals surface area contributed by atoms with E-state index in [4.69, 9.17) is 0 Å². The van der Waals surface area contributed by atoms with Crippen molar-refractivity contribution in [1.29, 1.82) is 0 Å². The van der Waals surface area contributed by atoms with Gasteiger partial charge in [-0.1, -0.05) is 6.92 Å². The molecule has 0 spiro atoms. The lowest BCUT2D eigenvalue weighted by atomic mass is 10.7. The molecule has 2 heteroatoms. The van der Waals surface area contributed by atoms with Crippen molar-refractivity contribution in [1.82, 2.24) is 0 Å². The van der Waals surface area contributed by atoms with Crippen LogP contribution in [-0.4, -0.2) is 0 Å². The molecule has 0 aromatic rings. The van der Waals surface area contributed by atoms with Gasteiger partial charge in [0.2, 0.25) is 0 Å². The van der Waals surface area contributed by atoms with E-state index in [9.17, 15) is 5.11 Å². The van der Waals surface area contributed by atoms with E-state index in [1.54, 1.807) is 0 Å². The van der Waals surface area contributed by atoms with Gasteiger partial charge < -0.3 is 17.5 Å². The van der Waals surface area contributed by atoms with Gasteiger partial charge in [0.05, 0.1) is 0 Å². The summed E-state index contributed by atoms with van der Waals surface area (Å²) in [5.74, 6) is -0.0833. The standard InChI is InChI=1S/C3H6O.ClH/c1-3(2)4;/h4H,1H2,2H3;1H/p-2. The molecular weight excluding hydrogens is 87.5 g/mol. The van der Waals surface area contributed by atoms with Crippen LogP contribution in [0.5, 0.6) is 0 Å². The Morgan fingerprint density at radius 3 is 1.80 bits per heavy atom. The molecule has 0 bridgehead atoms. The molecule has 0 aliphatic rings. The van der Waals surface area contributed by atoms with Crippen LogP contribution in [0.4, 0.5) is 0 Å². The van der Waals surface area contributed by atoms with Crippen molar-refractivity contribution in [3.05, 3.63) is 12.3 Å². The van der Waals surface area contributed by atoms with Crippen LogP contribution >= 0.6 is 0 Å². The quantitative estimate of drug-likeness (QED) is 0.290. The maximum Gasteiger partial charge on any atom is -0.0549 e. The number of hydrogen-bond donors (Lipinski definition) is 0. The van der Waals surface area contributed by atoms with Crippen molar-refractivity contribution in [2.75, 3.05) is 0 Å². The number of allylic oxidation sites excluding steroid dienone is 1. The summed E-state index contributed by atoms with van der Waals surface area (Å²) in [6.07, 6.45) is 0. The minimum Gasteiger partial charge on any atom is -1.00 e. The van der Waals surface area contributed by atoms with Crippen molar-refractivity contribution in [3.63, 3.8) is 0 Å². The molecule has 32 valence electrons. The van der Waals surface area contributed by atoms with Gasteiger partial charge in [-0.05, 0) is 0 Å². The molecule has 0 amide bonds. The Morgan fingerprint density at radius 1 is 1.80 bits per heavy atom. The molecule has 0 rings (SSSR count). The lowest BCUT2D eigenvalue weighted by Gasteiger charge is -1.92. The van der Waals surface area contributed by atoms with E-state index in [2.05, 4.69) is 6.58 Å². The predicted octanol–water partition coefficient (Wildman–Crippen LogP) is -3.12. The molecule has 0 aliphatic heterocycles. The van der Waals surface area contributed by atoms with E-state index in [0.29, 0.717) is 0 Å². The van der Waals surface area contributed by atoms with Crippen LogP contribution < -0.4 is 17.5 Å². The van der Waals surface area contributed by atoms with Crippen LogP contribution in [0.25, 0.3) is 0 Å². The highest BCUT2D eigenvalue weighted by molar-refractivity contribution is 4.64. The molecule has 0 unspecified atom stereocenters. The van der Waals surface area contributed by atoms with Gasteiger partial charge in [-0.3, -0.25) is 0 Å². The van der Waals surface area contributed by atoms with Crippen LogP contribution in [0.1, 0.15) is 6.92 Å². The molecule has 0 saturated carbocycles. The van der Waals surface area contributed by atoms with E-state index in [1.807, 2.05) is 0 Å². The highest BCUT2D eigenvalue weighted by Gasteiger charge is 1.36. The molecule has 1 nitrogen and oxygen atoms in total. The molecule has 0 N–H and O–H groups in total. The van der Waals surface area contributed by atoms with Crippen LogP contribution in [0.3, 0.4) is 0 Å². The van der Waals surface area contributed by atoms with Crippen molar-refractivity contribution < 1.29 is 17.5 Å². The Balaban J connectivity index is 0. The van der Waals surface area contributed by atoms with E-state index in [-0.39, 0.29) is 18.2 Å². The maximum atomic E-state index is 9.33. The van der Waals surface area contributed by atoms with Crippen molar-refractivity contribution in [2.45, 2.75) is 6.92 Å². The summed E-state index contributed by atoms with van der Waals surface area (Å²) in [5.41, 5.74) is 0. The lowest BCUT2D eigenvalue weighted by Crippen LogP contribution is -3.00. The van der Waals surface area contributed by atoms with Gasteiger partial charge in [0.1, 0.15) is 0 Å². The van der Waals surface area contributed by atoms with E-state index in [0.717, 1.165) is 0 Å². The largest absolute Gasteiger partial charge is 1.00 e. The number of hydrogen-bond acceptors (Lipinski definition) is 1. The average molecular weight is 92.5 g/mol. The smallest absolute Gasteiger partial charge is 0.0549 e. The van der Waals surface area contributed by atoms with Crippen LogP contribution in [0.2, 0.25) is 0 Å². The summed E-state index contributed by atoms with van der Waals surface area (Å²) in [5, 5.41) is 9.33. The SMILES string of the molecule is C=C(C)[O-].[Cl-]. The molecule has 0 aromatic carbocycles. The lowest BCUT2D eigenvalue weighted by molar-refractivity contribution is -0.300. The highest BCUT2D eigenvalue weighted by Crippen LogP contribution is 1.57. The van der Waals surface area contributed by atoms with Gasteiger partial charge in [0.25, 0.3) is 0 Å². The molecule has 0 atom stereocenters. The zero-order valence-corrected chi connectivity index (χ0v) is 3.75. The number of halogens is 1. The predicted molar refractivity (Wildman–Crippen MR) is 14.8 cm³/mol. The third kappa shape index (κ3) is 444. The maximum absolute atomic E-state index is 9.33. The molecule has 0 aliphatic carbocycles. The van der Waals surface area contributed by atoms with Crippen molar-refractivity contribution >= 4 is 0 Å². The zero-order chi connectivity index (χ0) is 3.58. The Morgan fingerprint density at radius 2 is 1.80 bits per heavy atom. The monoisotopic (exact) mass is 92.0 g/mol. The fourth-order valence-electron chi connectivity index (χ4n) is 0. The molecule has 5 heavy (non-hydrogen) atoms. The van der Waals surface area contributed by atoms with Crippen LogP contribution in [-0.2, 0) is 0 Å². The van der Waals surface area contributed by atoms with E-state index in [1.165, 1.54) is 6.92 Å². The Bertz CT molecular complexity index is 29.9. The van der Waals surface area contributed by atoms with Gasteiger partial charge in [-0.2, -0.15) is 0 Å². The third-order valence-corrected chi connectivity index (χ3v) is 0. The second-order valence-corrected chi connectivity index (χ2v) is 0.702. The Hall–Kier alpha value is -0.170. The minimum atomic E-state index is -0.0833. The molecular formula is C3H5ClO-2. The third-order valence-electron chi connectivity index (χ3n) is 0. The topological polar surface area (TPSA) is 23.1 Å². The van der Waals surface area contributed by atoms with Crippen LogP contribution in [0, 0.1) is 0 Å². The summed E-state index contributed by atoms with van der Waals surface area (Å²) < 4.78 is 0. The highest BCUT2D eigenvalue weighted by atomic mass is 35.5. The summed E-state index contributed by atoms with van der Waals surface area (Å²) in [6, 6.07) is 0. The minimum absolute atomic E-state index is 0. The average Bonchev–Trinajstić information content (AvgIpc) is 0.811. The first-order valence-electron chi connectivity index (χ1n) is 1.06. The van der Waals surface area contributed by atoms with Gasteiger partial charge in [-0.25, -0.2) is 0 Å². The Labute approximate surface area is 37.7 Å². The number of rotatable bonds is 0. The second kappa shape index (κ2) is 3.83. The fourth-order valence-corrected chi connectivity index (χ4v) is 0. The van der Waals surface area contributed by atoms with Gasteiger partial charge in [-0.15, -0.1) is 12.3 Å². The summed E-state index contributed by atoms with van der Waals surface area (Å²) in [6.45, 7) is 4.42. The van der Waals surface area contributed by atoms with Crippen molar-refractivity contribution in [3.8, 4) is 0 Å². The molecule has 0 radical (unpaired) electrons. The zero-order valence-electron chi connectivity index (χ0n) is 2.99. The molecule has 0 saturated heterocycles. The summed E-state index contributed by atoms with van der Waals surface area (Å²) in [4.78, 5) is 0. The Kier molecular flexibility index (Phi) is 6.78. The first-order valence-corrected chi connectivity index (χ1v) is 1.06. The molecule has 0 heterocycles. The van der Waals surface area contributed by atoms with E-state index >= 15 is 0 Å². The molecule has 0 aromatic heterocycles. The van der Waals surface area contributed by atoms with Crippen LogP contribution in [0.15, 0.2) is 12.3 Å². The summed E-state index contributed by atoms with van der Waals surface area (Å²) >= 11 is 0. The van der Waals surface area contributed by atoms with Gasteiger partial charge in [0, 0.05) is 0 Å². The van der Waals surface area contributed by atoms with Gasteiger partial charge >= 0.3 is 0 Å². The van der Waals surface area contributed by atoms with Crippen molar-refractivity contribution in [2.24, 2.45) is 0 Å². The first-order chi connectivity index (χ1) is 1.73. The first kappa shape index (κ1) is 8.85. The fraction of sp³-hybridized carbons (Fsp3) is 0.333. The second-order valence-electron chi connectivity index (χ2n) is 0.702. The van der Waals surface area contributed by atoms with Gasteiger partial charge in [0.15, 0.2) is 0 Å². The van der Waals surface area contributed by atoms with E-state index < -0.39 is 0 Å². The summed E-state index contributed by atoms with van der Waals surface area (Å²) in [7, 11) is 0. The normalized spacial score (nSPS) is 5.00. The molecule has 0 fully saturated rings.